The Labute approximate surface area is 119 Å². The second-order valence-electron chi connectivity index (χ2n) is 3.22. The van der Waals surface area contributed by atoms with E-state index in [9.17, 15) is 13.2 Å². The van der Waals surface area contributed by atoms with E-state index >= 15 is 0 Å². The van der Waals surface area contributed by atoms with Crippen molar-refractivity contribution in [3.8, 4) is 0 Å². The standard InChI is InChI=1S/C8H5BrN4O4S2/c9-6-2-1-4(3-5(6)7(14)15)19(16,17)11-8-10-12-13-18-8/h1-3H,(H,14,15)(H,10,11,13). The van der Waals surface area contributed by atoms with Crippen LogP contribution < -0.4 is 4.72 Å². The van der Waals surface area contributed by atoms with Crippen molar-refractivity contribution in [1.82, 2.24) is 14.8 Å². The van der Waals surface area contributed by atoms with E-state index in [2.05, 4.69) is 35.5 Å². The SMILES string of the molecule is O=C(O)c1cc(S(=O)(=O)Nc2nnns2)ccc1Br. The minimum absolute atomic E-state index is 0.000191. The molecule has 0 aliphatic heterocycles. The van der Waals surface area contributed by atoms with Gasteiger partial charge in [-0.3, -0.25) is 4.72 Å². The van der Waals surface area contributed by atoms with Gasteiger partial charge in [0.25, 0.3) is 10.0 Å². The van der Waals surface area contributed by atoms with Crippen molar-refractivity contribution in [3.63, 3.8) is 0 Å². The molecule has 100 valence electrons. The van der Waals surface area contributed by atoms with Gasteiger partial charge in [0.1, 0.15) is 0 Å². The van der Waals surface area contributed by atoms with Crippen molar-refractivity contribution in [2.45, 2.75) is 4.90 Å². The summed E-state index contributed by atoms with van der Waals surface area (Å²) in [6.45, 7) is 0. The lowest BCUT2D eigenvalue weighted by Gasteiger charge is -2.06. The van der Waals surface area contributed by atoms with Gasteiger partial charge >= 0.3 is 5.97 Å². The maximum atomic E-state index is 12.0. The van der Waals surface area contributed by atoms with Gasteiger partial charge in [0.2, 0.25) is 5.13 Å². The highest BCUT2D eigenvalue weighted by Crippen LogP contribution is 2.22. The van der Waals surface area contributed by atoms with Crippen LogP contribution in [0.1, 0.15) is 10.4 Å². The van der Waals surface area contributed by atoms with Crippen molar-refractivity contribution in [2.24, 2.45) is 0 Å². The summed E-state index contributed by atoms with van der Waals surface area (Å²) in [7, 11) is -3.92. The first kappa shape index (κ1) is 13.8. The molecule has 19 heavy (non-hydrogen) atoms. The fourth-order valence-corrected chi connectivity index (χ4v) is 3.21. The molecule has 0 amide bonds. The second-order valence-corrected chi connectivity index (χ2v) is 6.49. The first-order valence-corrected chi connectivity index (χ1v) is 7.66. The van der Waals surface area contributed by atoms with Crippen LogP contribution in [0.3, 0.4) is 0 Å². The molecular weight excluding hydrogens is 360 g/mol. The van der Waals surface area contributed by atoms with Gasteiger partial charge in [-0.15, -0.1) is 0 Å². The van der Waals surface area contributed by atoms with Crippen molar-refractivity contribution in [2.75, 3.05) is 4.72 Å². The van der Waals surface area contributed by atoms with Gasteiger partial charge in [0.15, 0.2) is 0 Å². The average molecular weight is 365 g/mol. The Kier molecular flexibility index (Phi) is 3.78. The van der Waals surface area contributed by atoms with Crippen LogP contribution in [-0.2, 0) is 10.0 Å². The lowest BCUT2D eigenvalue weighted by molar-refractivity contribution is 0.0695. The number of carboxylic acids is 1. The maximum Gasteiger partial charge on any atom is 0.336 e. The van der Waals surface area contributed by atoms with E-state index in [1.165, 1.54) is 12.1 Å². The fraction of sp³-hybridized carbons (Fsp3) is 0. The van der Waals surface area contributed by atoms with E-state index < -0.39 is 16.0 Å². The zero-order valence-corrected chi connectivity index (χ0v) is 12.2. The molecule has 0 spiro atoms. The summed E-state index contributed by atoms with van der Waals surface area (Å²) in [5.74, 6) is -1.23. The lowest BCUT2D eigenvalue weighted by Crippen LogP contribution is -2.13. The number of nitrogens with zero attached hydrogens (tertiary/aromatic N) is 3. The summed E-state index contributed by atoms with van der Waals surface area (Å²) in [4.78, 5) is 10.8. The molecule has 0 fully saturated rings. The van der Waals surface area contributed by atoms with Crippen LogP contribution >= 0.6 is 27.5 Å². The maximum absolute atomic E-state index is 12.0. The molecule has 0 bridgehead atoms. The zero-order valence-electron chi connectivity index (χ0n) is 8.94. The first-order chi connectivity index (χ1) is 8.90. The summed E-state index contributed by atoms with van der Waals surface area (Å²) < 4.78 is 29.8. The molecule has 11 heteroatoms. The van der Waals surface area contributed by atoms with Crippen molar-refractivity contribution >= 4 is 48.6 Å². The third kappa shape index (κ3) is 3.05. The number of halogens is 1. The smallest absolute Gasteiger partial charge is 0.336 e. The molecule has 0 radical (unpaired) electrons. The summed E-state index contributed by atoms with van der Waals surface area (Å²) in [6.07, 6.45) is 0. The summed E-state index contributed by atoms with van der Waals surface area (Å²) >= 11 is 3.80. The van der Waals surface area contributed by atoms with E-state index in [1.54, 1.807) is 0 Å². The second kappa shape index (κ2) is 5.19. The Balaban J connectivity index is 2.41. The number of hydrogen-bond donors (Lipinski definition) is 2. The molecule has 0 atom stereocenters. The Morgan fingerprint density at radius 2 is 2.16 bits per heavy atom. The number of rotatable bonds is 4. The minimum atomic E-state index is -3.92. The molecule has 8 nitrogen and oxygen atoms in total. The van der Waals surface area contributed by atoms with Crippen LogP contribution in [0.5, 0.6) is 0 Å². The van der Waals surface area contributed by atoms with Gasteiger partial charge in [0.05, 0.1) is 10.5 Å². The predicted molar refractivity (Wildman–Crippen MR) is 69.6 cm³/mol. The van der Waals surface area contributed by atoms with Gasteiger partial charge in [0, 0.05) is 16.0 Å². The average Bonchev–Trinajstić information content (AvgIpc) is 2.80. The summed E-state index contributed by atoms with van der Waals surface area (Å²) in [6, 6.07) is 3.66. The highest BCUT2D eigenvalue weighted by atomic mass is 79.9. The van der Waals surface area contributed by atoms with Crippen LogP contribution in [0, 0.1) is 0 Å². The van der Waals surface area contributed by atoms with Crippen molar-refractivity contribution in [3.05, 3.63) is 28.2 Å². The van der Waals surface area contributed by atoms with Gasteiger partial charge in [-0.1, -0.05) is 9.59 Å². The monoisotopic (exact) mass is 364 g/mol. The van der Waals surface area contributed by atoms with E-state index in [0.29, 0.717) is 0 Å². The molecule has 0 saturated carbocycles. The number of nitrogens with one attached hydrogen (secondary N) is 1. The molecule has 2 N–H and O–H groups in total. The van der Waals surface area contributed by atoms with E-state index in [4.69, 9.17) is 5.11 Å². The van der Waals surface area contributed by atoms with Crippen LogP contribution in [0.25, 0.3) is 0 Å². The zero-order chi connectivity index (χ0) is 14.0. The molecule has 1 aromatic carbocycles. The molecule has 2 rings (SSSR count). The van der Waals surface area contributed by atoms with E-state index in [-0.39, 0.29) is 20.1 Å². The number of hydrogen-bond acceptors (Lipinski definition) is 7. The summed E-state index contributed by atoms with van der Waals surface area (Å²) in [5.41, 5.74) is -0.154. The molecule has 0 unspecified atom stereocenters. The van der Waals surface area contributed by atoms with Crippen molar-refractivity contribution in [1.29, 1.82) is 0 Å². The van der Waals surface area contributed by atoms with Gasteiger partial charge in [-0.2, -0.15) is 0 Å². The molecule has 1 heterocycles. The molecule has 2 aromatic rings. The molecular formula is C8H5BrN4O4S2. The van der Waals surface area contributed by atoms with Gasteiger partial charge in [-0.05, 0) is 39.3 Å². The fourth-order valence-electron chi connectivity index (χ4n) is 1.18. The quantitative estimate of drug-likeness (QED) is 0.835. The number of anilines is 1. The van der Waals surface area contributed by atoms with E-state index in [0.717, 1.165) is 17.6 Å². The number of carbonyl (C=O) groups is 1. The van der Waals surface area contributed by atoms with Gasteiger partial charge < -0.3 is 5.11 Å². The van der Waals surface area contributed by atoms with Crippen LogP contribution in [0.2, 0.25) is 0 Å². The highest BCUT2D eigenvalue weighted by molar-refractivity contribution is 9.10. The van der Waals surface area contributed by atoms with Crippen molar-refractivity contribution < 1.29 is 18.3 Å². The molecule has 0 saturated heterocycles. The first-order valence-electron chi connectivity index (χ1n) is 4.61. The third-order valence-electron chi connectivity index (χ3n) is 2.00. The Bertz CT molecular complexity index is 716. The molecule has 1 aromatic heterocycles. The normalized spacial score (nSPS) is 11.2. The lowest BCUT2D eigenvalue weighted by atomic mass is 10.2. The number of aromatic nitrogens is 3. The highest BCUT2D eigenvalue weighted by Gasteiger charge is 2.19. The molecule has 0 aliphatic carbocycles. The number of carboxylic acid groups (broad SMARTS) is 1. The Morgan fingerprint density at radius 3 is 2.74 bits per heavy atom. The number of sulfonamides is 1. The number of benzene rings is 1. The van der Waals surface area contributed by atoms with Crippen LogP contribution in [-0.4, -0.2) is 34.3 Å². The summed E-state index contributed by atoms with van der Waals surface area (Å²) in [5, 5.41) is 15.6. The third-order valence-corrected chi connectivity index (χ3v) is 4.67. The Hall–Kier alpha value is -1.59. The number of aromatic carboxylic acids is 1. The van der Waals surface area contributed by atoms with Gasteiger partial charge in [-0.25, -0.2) is 13.2 Å². The van der Waals surface area contributed by atoms with Crippen LogP contribution in [0.4, 0.5) is 5.13 Å². The molecule has 0 aliphatic rings. The van der Waals surface area contributed by atoms with Crippen LogP contribution in [0.15, 0.2) is 27.6 Å². The minimum Gasteiger partial charge on any atom is -0.478 e. The largest absolute Gasteiger partial charge is 0.478 e. The predicted octanol–water partition coefficient (Wildman–Crippen LogP) is 1.19. The van der Waals surface area contributed by atoms with E-state index in [1.807, 2.05) is 0 Å². The topological polar surface area (TPSA) is 122 Å². The Morgan fingerprint density at radius 1 is 1.42 bits per heavy atom.